The minimum absolute atomic E-state index is 1.01. The average molecular weight is 255 g/mol. The van der Waals surface area contributed by atoms with Crippen molar-refractivity contribution in [1.29, 1.82) is 0 Å². The van der Waals surface area contributed by atoms with Crippen molar-refractivity contribution >= 4 is 23.1 Å². The van der Waals surface area contributed by atoms with Gasteiger partial charge in [-0.1, -0.05) is 23.9 Å². The summed E-state index contributed by atoms with van der Waals surface area (Å²) >= 11 is 1.89. The molecule has 0 radical (unpaired) electrons. The lowest BCUT2D eigenvalue weighted by molar-refractivity contribution is 0.976. The summed E-state index contributed by atoms with van der Waals surface area (Å²) in [6.45, 7) is 7.53. The van der Waals surface area contributed by atoms with Crippen molar-refractivity contribution in [2.24, 2.45) is 0 Å². The van der Waals surface area contributed by atoms with Gasteiger partial charge in [-0.05, 0) is 56.2 Å². The fourth-order valence-corrected chi connectivity index (χ4v) is 3.73. The molecule has 92 valence electrons. The molecular weight excluding hydrogens is 238 g/mol. The Bertz CT molecular complexity index is 553. The molecule has 0 aliphatic carbocycles. The van der Waals surface area contributed by atoms with Crippen LogP contribution in [0.25, 0.3) is 0 Å². The summed E-state index contributed by atoms with van der Waals surface area (Å²) in [5.41, 5.74) is 5.33. The SMILES string of the molecule is CCN1c2ccc(C)cc2Sc2cc(C)ccc21. The largest absolute Gasteiger partial charge is 0.340 e. The number of aryl methyl sites for hydroxylation is 2. The highest BCUT2D eigenvalue weighted by molar-refractivity contribution is 7.99. The maximum atomic E-state index is 2.40. The first-order valence-electron chi connectivity index (χ1n) is 6.35. The highest BCUT2D eigenvalue weighted by Gasteiger charge is 2.21. The van der Waals surface area contributed by atoms with Crippen molar-refractivity contribution < 1.29 is 0 Å². The first-order chi connectivity index (χ1) is 8.69. The van der Waals surface area contributed by atoms with Crippen LogP contribution in [0.5, 0.6) is 0 Å². The van der Waals surface area contributed by atoms with E-state index in [1.807, 2.05) is 11.8 Å². The van der Waals surface area contributed by atoms with E-state index in [2.05, 4.69) is 62.1 Å². The number of benzene rings is 2. The third-order valence-electron chi connectivity index (χ3n) is 3.35. The van der Waals surface area contributed by atoms with Gasteiger partial charge in [-0.15, -0.1) is 0 Å². The predicted octanol–water partition coefficient (Wildman–Crippen LogP) is 4.93. The Hall–Kier alpha value is -1.41. The molecule has 0 saturated carbocycles. The van der Waals surface area contributed by atoms with Crippen molar-refractivity contribution in [3.63, 3.8) is 0 Å². The van der Waals surface area contributed by atoms with E-state index >= 15 is 0 Å². The van der Waals surface area contributed by atoms with Crippen LogP contribution in [0.3, 0.4) is 0 Å². The number of hydrogen-bond donors (Lipinski definition) is 0. The van der Waals surface area contributed by atoms with Gasteiger partial charge in [-0.2, -0.15) is 0 Å². The second-order valence-corrected chi connectivity index (χ2v) is 5.87. The van der Waals surface area contributed by atoms with Crippen LogP contribution < -0.4 is 4.90 Å². The predicted molar refractivity (Wildman–Crippen MR) is 79.2 cm³/mol. The molecule has 0 bridgehead atoms. The molecule has 0 unspecified atom stereocenters. The van der Waals surface area contributed by atoms with Gasteiger partial charge in [-0.3, -0.25) is 0 Å². The van der Waals surface area contributed by atoms with E-state index in [1.54, 1.807) is 0 Å². The molecule has 0 aromatic heterocycles. The Labute approximate surface area is 113 Å². The first kappa shape index (κ1) is 11.7. The fourth-order valence-electron chi connectivity index (χ4n) is 2.44. The molecule has 0 saturated heterocycles. The molecule has 0 amide bonds. The molecule has 1 heterocycles. The monoisotopic (exact) mass is 255 g/mol. The molecular formula is C16H17NS. The van der Waals surface area contributed by atoms with Crippen molar-refractivity contribution in [2.75, 3.05) is 11.4 Å². The summed E-state index contributed by atoms with van der Waals surface area (Å²) in [7, 11) is 0. The standard InChI is InChI=1S/C16H17NS/c1-4-17-13-7-5-11(2)9-15(13)18-16-10-12(3)6-8-14(16)17/h5-10H,4H2,1-3H3. The van der Waals surface area contributed by atoms with Gasteiger partial charge >= 0.3 is 0 Å². The molecule has 1 nitrogen and oxygen atoms in total. The van der Waals surface area contributed by atoms with Crippen LogP contribution in [-0.2, 0) is 0 Å². The normalized spacial score (nSPS) is 13.2. The second-order valence-electron chi connectivity index (χ2n) is 4.79. The summed E-state index contributed by atoms with van der Waals surface area (Å²) in [4.78, 5) is 5.14. The van der Waals surface area contributed by atoms with Gasteiger partial charge in [0.15, 0.2) is 0 Å². The third-order valence-corrected chi connectivity index (χ3v) is 4.44. The van der Waals surface area contributed by atoms with Crippen molar-refractivity contribution in [3.8, 4) is 0 Å². The quantitative estimate of drug-likeness (QED) is 0.711. The van der Waals surface area contributed by atoms with Crippen molar-refractivity contribution in [1.82, 2.24) is 0 Å². The van der Waals surface area contributed by atoms with E-state index in [1.165, 1.54) is 32.3 Å². The van der Waals surface area contributed by atoms with E-state index in [-0.39, 0.29) is 0 Å². The van der Waals surface area contributed by atoms with Crippen LogP contribution in [0.2, 0.25) is 0 Å². The van der Waals surface area contributed by atoms with Crippen LogP contribution >= 0.6 is 11.8 Å². The molecule has 18 heavy (non-hydrogen) atoms. The van der Waals surface area contributed by atoms with Crippen LogP contribution in [0.15, 0.2) is 46.2 Å². The Balaban J connectivity index is 2.18. The lowest BCUT2D eigenvalue weighted by atomic mass is 10.1. The number of rotatable bonds is 1. The minimum Gasteiger partial charge on any atom is -0.340 e. The molecule has 3 rings (SSSR count). The van der Waals surface area contributed by atoms with E-state index in [0.717, 1.165) is 6.54 Å². The highest BCUT2D eigenvalue weighted by atomic mass is 32.2. The average Bonchev–Trinajstić information content (AvgIpc) is 2.35. The van der Waals surface area contributed by atoms with E-state index in [9.17, 15) is 0 Å². The summed E-state index contributed by atoms with van der Waals surface area (Å²) in [5, 5.41) is 0. The lowest BCUT2D eigenvalue weighted by Gasteiger charge is -2.32. The maximum Gasteiger partial charge on any atom is 0.0552 e. The zero-order chi connectivity index (χ0) is 12.7. The Morgan fingerprint density at radius 2 is 1.39 bits per heavy atom. The Kier molecular flexibility index (Phi) is 2.83. The van der Waals surface area contributed by atoms with Gasteiger partial charge < -0.3 is 4.90 Å². The third kappa shape index (κ3) is 1.81. The van der Waals surface area contributed by atoms with Crippen molar-refractivity contribution in [3.05, 3.63) is 47.5 Å². The molecule has 1 aliphatic rings. The molecule has 0 N–H and O–H groups in total. The number of hydrogen-bond acceptors (Lipinski definition) is 2. The maximum absolute atomic E-state index is 2.40. The minimum atomic E-state index is 1.01. The van der Waals surface area contributed by atoms with E-state index < -0.39 is 0 Å². The van der Waals surface area contributed by atoms with Gasteiger partial charge in [0.05, 0.1) is 11.4 Å². The van der Waals surface area contributed by atoms with Crippen LogP contribution in [0.1, 0.15) is 18.1 Å². The van der Waals surface area contributed by atoms with Gasteiger partial charge in [0.25, 0.3) is 0 Å². The second kappa shape index (κ2) is 4.36. The molecule has 0 fully saturated rings. The summed E-state index contributed by atoms with van der Waals surface area (Å²) in [5.74, 6) is 0. The van der Waals surface area contributed by atoms with Crippen molar-refractivity contribution in [2.45, 2.75) is 30.6 Å². The first-order valence-corrected chi connectivity index (χ1v) is 7.17. The number of fused-ring (bicyclic) bond motifs is 2. The topological polar surface area (TPSA) is 3.24 Å². The molecule has 2 aromatic rings. The van der Waals surface area contributed by atoms with Gasteiger partial charge in [-0.25, -0.2) is 0 Å². The lowest BCUT2D eigenvalue weighted by Crippen LogP contribution is -2.20. The van der Waals surface area contributed by atoms with Crippen LogP contribution in [0, 0.1) is 13.8 Å². The van der Waals surface area contributed by atoms with Gasteiger partial charge in [0.1, 0.15) is 0 Å². The Morgan fingerprint density at radius 1 is 0.889 bits per heavy atom. The van der Waals surface area contributed by atoms with Crippen LogP contribution in [-0.4, -0.2) is 6.54 Å². The number of anilines is 2. The van der Waals surface area contributed by atoms with E-state index in [0.29, 0.717) is 0 Å². The molecule has 0 atom stereocenters. The Morgan fingerprint density at radius 3 is 1.83 bits per heavy atom. The summed E-state index contributed by atoms with van der Waals surface area (Å²) < 4.78 is 0. The zero-order valence-electron chi connectivity index (χ0n) is 11.0. The summed E-state index contributed by atoms with van der Waals surface area (Å²) in [6, 6.07) is 13.4. The summed E-state index contributed by atoms with van der Waals surface area (Å²) in [6.07, 6.45) is 0. The van der Waals surface area contributed by atoms with Crippen LogP contribution in [0.4, 0.5) is 11.4 Å². The number of nitrogens with zero attached hydrogens (tertiary/aromatic N) is 1. The van der Waals surface area contributed by atoms with Gasteiger partial charge in [0, 0.05) is 16.3 Å². The van der Waals surface area contributed by atoms with Gasteiger partial charge in [0.2, 0.25) is 0 Å². The van der Waals surface area contributed by atoms with E-state index in [4.69, 9.17) is 0 Å². The molecule has 2 heteroatoms. The smallest absolute Gasteiger partial charge is 0.0552 e. The highest BCUT2D eigenvalue weighted by Crippen LogP contribution is 2.48. The molecule has 0 spiro atoms. The molecule has 2 aromatic carbocycles. The molecule has 1 aliphatic heterocycles. The fraction of sp³-hybridized carbons (Fsp3) is 0.250. The zero-order valence-corrected chi connectivity index (χ0v) is 11.8.